The van der Waals surface area contributed by atoms with Gasteiger partial charge in [-0.15, -0.1) is 0 Å². The van der Waals surface area contributed by atoms with E-state index >= 15 is 0 Å². The van der Waals surface area contributed by atoms with Crippen LogP contribution in [0.2, 0.25) is 0 Å². The van der Waals surface area contributed by atoms with E-state index in [4.69, 9.17) is 0 Å². The summed E-state index contributed by atoms with van der Waals surface area (Å²) in [6.45, 7) is 2.80. The molecular formula is C20H20N6O2. The lowest BCUT2D eigenvalue weighted by Crippen LogP contribution is -2.34. The molecule has 2 N–H and O–H groups in total. The van der Waals surface area contributed by atoms with E-state index in [-0.39, 0.29) is 17.9 Å². The fraction of sp³-hybridized carbons (Fsp3) is 0.200. The summed E-state index contributed by atoms with van der Waals surface area (Å²) in [6.07, 6.45) is 1.99. The Morgan fingerprint density at radius 1 is 1.07 bits per heavy atom. The zero-order valence-corrected chi connectivity index (χ0v) is 15.4. The number of aromatic nitrogens is 4. The zero-order valence-electron chi connectivity index (χ0n) is 15.4. The Balaban J connectivity index is 1.45. The number of nitrogens with zero attached hydrogens (tertiary/aromatic N) is 4. The Hall–Kier alpha value is -3.68. The number of hydrazine groups is 1. The van der Waals surface area contributed by atoms with Crippen molar-refractivity contribution in [2.75, 3.05) is 5.43 Å². The van der Waals surface area contributed by atoms with Gasteiger partial charge in [-0.25, -0.2) is 9.97 Å². The van der Waals surface area contributed by atoms with Crippen molar-refractivity contribution in [2.45, 2.75) is 26.4 Å². The van der Waals surface area contributed by atoms with Gasteiger partial charge in [0.25, 0.3) is 5.56 Å². The molecule has 0 bridgehead atoms. The Morgan fingerprint density at radius 3 is 2.64 bits per heavy atom. The van der Waals surface area contributed by atoms with E-state index in [1.54, 1.807) is 24.5 Å². The molecule has 0 atom stereocenters. The first-order valence-corrected chi connectivity index (χ1v) is 9.11. The average Bonchev–Trinajstić information content (AvgIpc) is 3.14. The van der Waals surface area contributed by atoms with E-state index in [1.165, 1.54) is 4.57 Å². The monoisotopic (exact) mass is 376 g/mol. The van der Waals surface area contributed by atoms with Gasteiger partial charge in [-0.3, -0.25) is 25.0 Å². The Labute approximate surface area is 160 Å². The van der Waals surface area contributed by atoms with Crippen LogP contribution in [0.1, 0.15) is 13.3 Å². The molecule has 0 radical (unpaired) electrons. The maximum Gasteiger partial charge on any atom is 0.262 e. The van der Waals surface area contributed by atoms with Crippen molar-refractivity contribution in [2.24, 2.45) is 0 Å². The van der Waals surface area contributed by atoms with Gasteiger partial charge in [0.15, 0.2) is 0 Å². The molecule has 0 fully saturated rings. The highest BCUT2D eigenvalue weighted by Crippen LogP contribution is 2.12. The lowest BCUT2D eigenvalue weighted by Gasteiger charge is -2.14. The number of aryl methyl sites for hydroxylation is 1. The van der Waals surface area contributed by atoms with Crippen LogP contribution in [0, 0.1) is 0 Å². The fourth-order valence-corrected chi connectivity index (χ4v) is 3.16. The van der Waals surface area contributed by atoms with Crippen LogP contribution in [0.25, 0.3) is 21.9 Å². The number of anilines is 1. The fourth-order valence-electron chi connectivity index (χ4n) is 3.16. The van der Waals surface area contributed by atoms with Gasteiger partial charge in [0.2, 0.25) is 11.9 Å². The van der Waals surface area contributed by atoms with Crippen LogP contribution in [-0.2, 0) is 17.9 Å². The summed E-state index contributed by atoms with van der Waals surface area (Å²) in [6, 6.07) is 14.9. The Bertz CT molecular complexity index is 1210. The highest BCUT2D eigenvalue weighted by Gasteiger charge is 2.11. The number of para-hydroxylation sites is 3. The molecule has 4 aromatic rings. The number of carbonyl (C=O) groups excluding carboxylic acids is 1. The van der Waals surface area contributed by atoms with Crippen LogP contribution in [0.5, 0.6) is 0 Å². The third-order valence-electron chi connectivity index (χ3n) is 4.60. The number of hydrogen-bond acceptors (Lipinski definition) is 5. The molecule has 2 aromatic heterocycles. The van der Waals surface area contributed by atoms with Gasteiger partial charge in [-0.05, 0) is 31.2 Å². The number of hydrogen-bond donors (Lipinski definition) is 2. The van der Waals surface area contributed by atoms with Gasteiger partial charge in [-0.2, -0.15) is 0 Å². The maximum atomic E-state index is 12.6. The Kier molecular flexibility index (Phi) is 4.76. The van der Waals surface area contributed by atoms with Crippen LogP contribution >= 0.6 is 0 Å². The molecule has 0 spiro atoms. The second-order valence-corrected chi connectivity index (χ2v) is 6.35. The summed E-state index contributed by atoms with van der Waals surface area (Å²) in [5, 5.41) is 0.549. The minimum Gasteiger partial charge on any atom is -0.330 e. The molecule has 1 amide bonds. The molecule has 28 heavy (non-hydrogen) atoms. The van der Waals surface area contributed by atoms with Crippen molar-refractivity contribution in [3.8, 4) is 0 Å². The highest BCUT2D eigenvalue weighted by molar-refractivity contribution is 5.80. The standard InChI is InChI=1S/C20H20N6O2/c1-2-26-19(28)14-7-3-4-8-15(14)22-20(26)24-23-18(27)11-12-25-13-21-16-9-5-6-10-17(16)25/h3-10,13H,2,11-12H2,1H3,(H,22,24)(H,23,27). The molecule has 0 saturated heterocycles. The number of carbonyl (C=O) groups is 1. The molecule has 8 heteroatoms. The predicted octanol–water partition coefficient (Wildman–Crippen LogP) is 2.30. The van der Waals surface area contributed by atoms with Crippen LogP contribution in [0.4, 0.5) is 5.95 Å². The van der Waals surface area contributed by atoms with E-state index < -0.39 is 0 Å². The molecule has 2 heterocycles. The summed E-state index contributed by atoms with van der Waals surface area (Å²) >= 11 is 0. The number of fused-ring (bicyclic) bond motifs is 2. The summed E-state index contributed by atoms with van der Waals surface area (Å²) in [4.78, 5) is 33.6. The zero-order chi connectivity index (χ0) is 19.5. The van der Waals surface area contributed by atoms with Crippen molar-refractivity contribution in [3.63, 3.8) is 0 Å². The van der Waals surface area contributed by atoms with Crippen molar-refractivity contribution in [1.82, 2.24) is 24.5 Å². The second-order valence-electron chi connectivity index (χ2n) is 6.35. The molecule has 0 aliphatic heterocycles. The molecule has 142 valence electrons. The third-order valence-corrected chi connectivity index (χ3v) is 4.60. The van der Waals surface area contributed by atoms with E-state index in [0.717, 1.165) is 11.0 Å². The van der Waals surface area contributed by atoms with Gasteiger partial charge in [0.05, 0.1) is 28.3 Å². The number of nitrogens with one attached hydrogen (secondary N) is 2. The van der Waals surface area contributed by atoms with E-state index in [0.29, 0.717) is 29.9 Å². The number of imidazole rings is 1. The highest BCUT2D eigenvalue weighted by atomic mass is 16.2. The summed E-state index contributed by atoms with van der Waals surface area (Å²) in [7, 11) is 0. The van der Waals surface area contributed by atoms with Crippen LogP contribution < -0.4 is 16.4 Å². The third kappa shape index (κ3) is 3.32. The van der Waals surface area contributed by atoms with Gasteiger partial charge in [0, 0.05) is 19.5 Å². The summed E-state index contributed by atoms with van der Waals surface area (Å²) in [5.74, 6) is 0.107. The smallest absolute Gasteiger partial charge is 0.262 e. The quantitative estimate of drug-likeness (QED) is 0.504. The van der Waals surface area contributed by atoms with Gasteiger partial charge in [0.1, 0.15) is 0 Å². The topological polar surface area (TPSA) is 93.8 Å². The van der Waals surface area contributed by atoms with E-state index in [2.05, 4.69) is 20.8 Å². The van der Waals surface area contributed by atoms with Crippen LogP contribution in [-0.4, -0.2) is 25.0 Å². The van der Waals surface area contributed by atoms with Crippen LogP contribution in [0.3, 0.4) is 0 Å². The minimum atomic E-state index is -0.206. The second kappa shape index (κ2) is 7.51. The van der Waals surface area contributed by atoms with Crippen molar-refractivity contribution in [1.29, 1.82) is 0 Å². The lowest BCUT2D eigenvalue weighted by molar-refractivity contribution is -0.120. The molecule has 4 rings (SSSR count). The summed E-state index contributed by atoms with van der Waals surface area (Å²) in [5.41, 5.74) is 7.74. The Morgan fingerprint density at radius 2 is 1.82 bits per heavy atom. The van der Waals surface area contributed by atoms with Gasteiger partial charge in [-0.1, -0.05) is 24.3 Å². The molecule has 0 aliphatic rings. The van der Waals surface area contributed by atoms with Gasteiger partial charge >= 0.3 is 0 Å². The molecule has 0 saturated carbocycles. The van der Waals surface area contributed by atoms with Crippen molar-refractivity contribution in [3.05, 3.63) is 65.2 Å². The van der Waals surface area contributed by atoms with Gasteiger partial charge < -0.3 is 4.57 Å². The molecule has 8 nitrogen and oxygen atoms in total. The maximum absolute atomic E-state index is 12.6. The molecule has 2 aromatic carbocycles. The molecular weight excluding hydrogens is 356 g/mol. The largest absolute Gasteiger partial charge is 0.330 e. The van der Waals surface area contributed by atoms with E-state index in [9.17, 15) is 9.59 Å². The average molecular weight is 376 g/mol. The summed E-state index contributed by atoms with van der Waals surface area (Å²) < 4.78 is 3.43. The van der Waals surface area contributed by atoms with E-state index in [1.807, 2.05) is 41.8 Å². The predicted molar refractivity (Wildman–Crippen MR) is 108 cm³/mol. The first-order chi connectivity index (χ1) is 13.7. The van der Waals surface area contributed by atoms with Crippen LogP contribution in [0.15, 0.2) is 59.7 Å². The normalized spacial score (nSPS) is 11.0. The molecule has 0 unspecified atom stereocenters. The number of amides is 1. The number of benzene rings is 2. The minimum absolute atomic E-state index is 0.144. The van der Waals surface area contributed by atoms with Crippen molar-refractivity contribution >= 4 is 33.8 Å². The first-order valence-electron chi connectivity index (χ1n) is 9.11. The SMILES string of the molecule is CCn1c(NNC(=O)CCn2cnc3ccccc32)nc2ccccc2c1=O. The number of rotatable bonds is 6. The lowest BCUT2D eigenvalue weighted by atomic mass is 10.2. The van der Waals surface area contributed by atoms with Crippen molar-refractivity contribution < 1.29 is 4.79 Å². The first kappa shape index (κ1) is 17.7. The molecule has 0 aliphatic carbocycles.